The molecule has 7 nitrogen and oxygen atoms in total. The molecule has 2 rings (SSSR count). The van der Waals surface area contributed by atoms with Gasteiger partial charge in [0, 0.05) is 6.07 Å². The lowest BCUT2D eigenvalue weighted by atomic mass is 10.2. The van der Waals surface area contributed by atoms with E-state index in [1.165, 1.54) is 38.6 Å². The summed E-state index contributed by atoms with van der Waals surface area (Å²) in [4.78, 5) is 2.19. The monoisotopic (exact) mass is 364 g/mol. The van der Waals surface area contributed by atoms with E-state index in [0.29, 0.717) is 29.4 Å². The topological polar surface area (TPSA) is 86.2 Å². The van der Waals surface area contributed by atoms with Crippen molar-refractivity contribution in [3.63, 3.8) is 0 Å². The summed E-state index contributed by atoms with van der Waals surface area (Å²) in [6, 6.07) is 11.5. The van der Waals surface area contributed by atoms with Crippen LogP contribution in [0.15, 0.2) is 52.5 Å². The summed E-state index contributed by atoms with van der Waals surface area (Å²) in [6.45, 7) is 2.44. The number of rotatable bonds is 8. The predicted molar refractivity (Wildman–Crippen MR) is 95.1 cm³/mol. The van der Waals surface area contributed by atoms with Crippen molar-refractivity contribution >= 4 is 16.2 Å². The molecular weight excluding hydrogens is 344 g/mol. The first-order valence-electron chi connectivity index (χ1n) is 7.50. The molecule has 25 heavy (non-hydrogen) atoms. The molecule has 0 saturated heterocycles. The van der Waals surface area contributed by atoms with Gasteiger partial charge >= 0.3 is 0 Å². The van der Waals surface area contributed by atoms with Crippen LogP contribution in [-0.2, 0) is 10.0 Å². The van der Waals surface area contributed by atoms with Crippen molar-refractivity contribution in [2.45, 2.75) is 11.8 Å². The minimum Gasteiger partial charge on any atom is -0.494 e. The molecule has 0 aromatic heterocycles. The zero-order valence-electron chi connectivity index (χ0n) is 14.2. The maximum Gasteiger partial charge on any atom is 0.276 e. The quantitative estimate of drug-likeness (QED) is 0.574. The fourth-order valence-electron chi connectivity index (χ4n) is 2.06. The maximum atomic E-state index is 12.3. The molecular formula is C17H20N2O5S. The Labute approximate surface area is 147 Å². The summed E-state index contributed by atoms with van der Waals surface area (Å²) in [5.74, 6) is 1.45. The number of sulfonamides is 1. The summed E-state index contributed by atoms with van der Waals surface area (Å²) >= 11 is 0. The lowest BCUT2D eigenvalue weighted by molar-refractivity contribution is 0.340. The SMILES string of the molecule is CCOc1cccc(/C=N/NS(=O)(=O)c2ccc(OC)c(OC)c2)c1. The fraction of sp³-hybridized carbons (Fsp3) is 0.235. The van der Waals surface area contributed by atoms with Crippen LogP contribution in [0.25, 0.3) is 0 Å². The molecule has 0 aliphatic heterocycles. The van der Waals surface area contributed by atoms with Crippen molar-refractivity contribution in [2.24, 2.45) is 5.10 Å². The first kappa shape index (κ1) is 18.6. The summed E-state index contributed by atoms with van der Waals surface area (Å²) in [7, 11) is -0.910. The highest BCUT2D eigenvalue weighted by Crippen LogP contribution is 2.29. The smallest absolute Gasteiger partial charge is 0.276 e. The number of hydrogen-bond acceptors (Lipinski definition) is 6. The summed E-state index contributed by atoms with van der Waals surface area (Å²) in [5, 5.41) is 3.80. The van der Waals surface area contributed by atoms with Crippen LogP contribution in [-0.4, -0.2) is 35.5 Å². The molecule has 0 atom stereocenters. The van der Waals surface area contributed by atoms with Crippen molar-refractivity contribution in [1.82, 2.24) is 4.83 Å². The van der Waals surface area contributed by atoms with Gasteiger partial charge in [0.25, 0.3) is 10.0 Å². The third-order valence-electron chi connectivity index (χ3n) is 3.22. The molecule has 0 radical (unpaired) electrons. The molecule has 0 aliphatic carbocycles. The highest BCUT2D eigenvalue weighted by atomic mass is 32.2. The molecule has 0 bridgehead atoms. The van der Waals surface area contributed by atoms with Crippen LogP contribution in [0, 0.1) is 0 Å². The van der Waals surface area contributed by atoms with Gasteiger partial charge in [-0.2, -0.15) is 13.5 Å². The molecule has 0 saturated carbocycles. The van der Waals surface area contributed by atoms with Gasteiger partial charge in [-0.1, -0.05) is 12.1 Å². The van der Waals surface area contributed by atoms with Crippen LogP contribution >= 0.6 is 0 Å². The summed E-state index contributed by atoms with van der Waals surface area (Å²) in [6.07, 6.45) is 1.40. The first-order chi connectivity index (χ1) is 12.0. The average molecular weight is 364 g/mol. The standard InChI is InChI=1S/C17H20N2O5S/c1-4-24-14-7-5-6-13(10-14)12-18-19-25(20,21)15-8-9-16(22-2)17(11-15)23-3/h5-12,19H,4H2,1-3H3/b18-12+. The largest absolute Gasteiger partial charge is 0.494 e. The molecule has 1 N–H and O–H groups in total. The normalized spacial score (nSPS) is 11.3. The Balaban J connectivity index is 2.15. The molecule has 0 spiro atoms. The van der Waals surface area contributed by atoms with E-state index in [9.17, 15) is 8.42 Å². The van der Waals surface area contributed by atoms with Gasteiger partial charge in [0.1, 0.15) is 5.75 Å². The molecule has 8 heteroatoms. The highest BCUT2D eigenvalue weighted by molar-refractivity contribution is 7.89. The fourth-order valence-corrected chi connectivity index (χ4v) is 2.86. The van der Waals surface area contributed by atoms with Gasteiger partial charge in [-0.3, -0.25) is 0 Å². The zero-order chi connectivity index (χ0) is 18.3. The second-order valence-electron chi connectivity index (χ2n) is 4.88. The number of benzene rings is 2. The van der Waals surface area contributed by atoms with Gasteiger partial charge in [0.15, 0.2) is 11.5 Å². The number of hydrogen-bond donors (Lipinski definition) is 1. The lowest BCUT2D eigenvalue weighted by Crippen LogP contribution is -2.18. The lowest BCUT2D eigenvalue weighted by Gasteiger charge is -2.09. The molecule has 0 aliphatic rings. The Kier molecular flexibility index (Phi) is 6.24. The average Bonchev–Trinajstić information content (AvgIpc) is 2.61. The molecule has 2 aromatic rings. The second kappa shape index (κ2) is 8.39. The second-order valence-corrected chi connectivity index (χ2v) is 6.54. The maximum absolute atomic E-state index is 12.3. The number of nitrogens with one attached hydrogen (secondary N) is 1. The van der Waals surface area contributed by atoms with Gasteiger partial charge in [-0.05, 0) is 36.8 Å². The van der Waals surface area contributed by atoms with Crippen LogP contribution in [0.2, 0.25) is 0 Å². The molecule has 0 unspecified atom stereocenters. The number of nitrogens with zero attached hydrogens (tertiary/aromatic N) is 1. The summed E-state index contributed by atoms with van der Waals surface area (Å²) in [5.41, 5.74) is 0.709. The van der Waals surface area contributed by atoms with Crippen molar-refractivity contribution < 1.29 is 22.6 Å². The van der Waals surface area contributed by atoms with Crippen LogP contribution in [0.4, 0.5) is 0 Å². The van der Waals surface area contributed by atoms with Crippen molar-refractivity contribution in [1.29, 1.82) is 0 Å². The van der Waals surface area contributed by atoms with Crippen molar-refractivity contribution in [3.05, 3.63) is 48.0 Å². The Hall–Kier alpha value is -2.74. The van der Waals surface area contributed by atoms with Gasteiger partial charge in [0.05, 0.1) is 31.9 Å². The minimum absolute atomic E-state index is 0.0189. The van der Waals surface area contributed by atoms with E-state index in [1.54, 1.807) is 18.2 Å². The van der Waals surface area contributed by atoms with Crippen molar-refractivity contribution in [3.8, 4) is 17.2 Å². The Morgan fingerprint density at radius 1 is 1.08 bits per heavy atom. The minimum atomic E-state index is -3.82. The van der Waals surface area contributed by atoms with Crippen LogP contribution in [0.3, 0.4) is 0 Å². The van der Waals surface area contributed by atoms with Gasteiger partial charge in [-0.25, -0.2) is 4.83 Å². The Morgan fingerprint density at radius 2 is 1.84 bits per heavy atom. The number of methoxy groups -OCH3 is 2. The van der Waals surface area contributed by atoms with E-state index >= 15 is 0 Å². The highest BCUT2D eigenvalue weighted by Gasteiger charge is 2.16. The summed E-state index contributed by atoms with van der Waals surface area (Å²) < 4.78 is 40.2. The van der Waals surface area contributed by atoms with E-state index < -0.39 is 10.0 Å². The Bertz CT molecular complexity index is 850. The molecule has 0 amide bonds. The molecule has 2 aromatic carbocycles. The van der Waals surface area contributed by atoms with Gasteiger partial charge in [0.2, 0.25) is 0 Å². The zero-order valence-corrected chi connectivity index (χ0v) is 15.0. The molecule has 0 fully saturated rings. The Morgan fingerprint density at radius 3 is 2.52 bits per heavy atom. The van der Waals surface area contributed by atoms with Gasteiger partial charge in [-0.15, -0.1) is 0 Å². The molecule has 134 valence electrons. The van der Waals surface area contributed by atoms with Crippen molar-refractivity contribution in [2.75, 3.05) is 20.8 Å². The van der Waals surface area contributed by atoms with E-state index in [1.807, 2.05) is 13.0 Å². The first-order valence-corrected chi connectivity index (χ1v) is 8.98. The third-order valence-corrected chi connectivity index (χ3v) is 4.44. The van der Waals surface area contributed by atoms with Crippen LogP contribution < -0.4 is 19.0 Å². The van der Waals surface area contributed by atoms with E-state index in [4.69, 9.17) is 14.2 Å². The van der Waals surface area contributed by atoms with E-state index in [0.717, 1.165) is 0 Å². The number of hydrazone groups is 1. The van der Waals surface area contributed by atoms with E-state index in [-0.39, 0.29) is 4.90 Å². The van der Waals surface area contributed by atoms with Crippen LogP contribution in [0.1, 0.15) is 12.5 Å². The number of ether oxygens (including phenoxy) is 3. The van der Waals surface area contributed by atoms with E-state index in [2.05, 4.69) is 9.93 Å². The predicted octanol–water partition coefficient (Wildman–Crippen LogP) is 2.41. The van der Waals surface area contributed by atoms with Gasteiger partial charge < -0.3 is 14.2 Å². The van der Waals surface area contributed by atoms with Crippen LogP contribution in [0.5, 0.6) is 17.2 Å². The third kappa shape index (κ3) is 4.87. The molecule has 0 heterocycles.